The highest BCUT2D eigenvalue weighted by atomic mass is 32.1. The van der Waals surface area contributed by atoms with Crippen molar-refractivity contribution in [3.63, 3.8) is 0 Å². The molecule has 1 aromatic heterocycles. The van der Waals surface area contributed by atoms with Crippen molar-refractivity contribution in [2.24, 2.45) is 0 Å². The van der Waals surface area contributed by atoms with Crippen molar-refractivity contribution in [3.8, 4) is 27.8 Å². The van der Waals surface area contributed by atoms with Gasteiger partial charge in [0.2, 0.25) is 11.5 Å². The molecule has 2 amide bonds. The summed E-state index contributed by atoms with van der Waals surface area (Å²) in [7, 11) is 1.39. The number of carbonyl (C=O) groups excluding carboxylic acids is 3. The van der Waals surface area contributed by atoms with E-state index in [1.807, 2.05) is 30.3 Å². The van der Waals surface area contributed by atoms with Crippen LogP contribution in [0.5, 0.6) is 17.2 Å². The van der Waals surface area contributed by atoms with E-state index in [0.717, 1.165) is 10.5 Å². The summed E-state index contributed by atoms with van der Waals surface area (Å²) in [6.45, 7) is -0.0914. The average molecular weight is 501 g/mol. The maximum absolute atomic E-state index is 13.0. The molecule has 1 aliphatic rings. The first kappa shape index (κ1) is 23.3. The number of aromatic nitrogens is 1. The molecule has 0 unspecified atom stereocenters. The van der Waals surface area contributed by atoms with Crippen LogP contribution in [0.3, 0.4) is 0 Å². The molecule has 36 heavy (non-hydrogen) atoms. The van der Waals surface area contributed by atoms with Crippen molar-refractivity contribution in [2.45, 2.75) is 0 Å². The lowest BCUT2D eigenvalue weighted by Crippen LogP contribution is -2.33. The third kappa shape index (κ3) is 4.20. The standard InChI is InChI=1S/C27H20N2O6S/c1-34-22-14-17(23(31)20-15-36-25(28-20)16-7-3-2-4-8-16)13-21(30)24(22)35-12-11-29-26(32)18-9-5-6-10-19(18)27(29)33/h2-10,13-15,30H,11-12H2,1H3. The number of aromatic hydroxyl groups is 1. The Morgan fingerprint density at radius 3 is 2.33 bits per heavy atom. The van der Waals surface area contributed by atoms with Crippen LogP contribution in [0.2, 0.25) is 0 Å². The first-order chi connectivity index (χ1) is 17.5. The molecule has 5 rings (SSSR count). The first-order valence-corrected chi connectivity index (χ1v) is 11.9. The molecule has 0 saturated heterocycles. The van der Waals surface area contributed by atoms with E-state index >= 15 is 0 Å². The molecular weight excluding hydrogens is 480 g/mol. The second kappa shape index (κ2) is 9.63. The van der Waals surface area contributed by atoms with E-state index in [0.29, 0.717) is 16.1 Å². The minimum atomic E-state index is -0.394. The number of fused-ring (bicyclic) bond motifs is 1. The van der Waals surface area contributed by atoms with Gasteiger partial charge in [0.15, 0.2) is 11.5 Å². The largest absolute Gasteiger partial charge is 0.504 e. The summed E-state index contributed by atoms with van der Waals surface area (Å²) < 4.78 is 11.0. The van der Waals surface area contributed by atoms with E-state index in [2.05, 4.69) is 4.98 Å². The fourth-order valence-electron chi connectivity index (χ4n) is 3.94. The van der Waals surface area contributed by atoms with Gasteiger partial charge in [-0.05, 0) is 24.3 Å². The van der Waals surface area contributed by atoms with Crippen molar-refractivity contribution in [2.75, 3.05) is 20.3 Å². The molecule has 180 valence electrons. The summed E-state index contributed by atoms with van der Waals surface area (Å²) in [5.74, 6) is -1.32. The number of nitrogens with zero attached hydrogens (tertiary/aromatic N) is 2. The van der Waals surface area contributed by atoms with Crippen LogP contribution in [0.1, 0.15) is 36.8 Å². The smallest absolute Gasteiger partial charge is 0.261 e. The van der Waals surface area contributed by atoms with Crippen LogP contribution in [0, 0.1) is 0 Å². The molecule has 9 heteroatoms. The van der Waals surface area contributed by atoms with Gasteiger partial charge in [-0.3, -0.25) is 19.3 Å². The molecule has 3 aromatic carbocycles. The van der Waals surface area contributed by atoms with Crippen molar-refractivity contribution >= 4 is 28.9 Å². The number of benzene rings is 3. The number of thiazole rings is 1. The SMILES string of the molecule is COc1cc(C(=O)c2csc(-c3ccccc3)n2)cc(O)c1OCCN1C(=O)c2ccccc2C1=O. The summed E-state index contributed by atoms with van der Waals surface area (Å²) in [6.07, 6.45) is 0. The van der Waals surface area contributed by atoms with E-state index in [1.54, 1.807) is 29.6 Å². The van der Waals surface area contributed by atoms with Crippen LogP contribution >= 0.6 is 11.3 Å². The van der Waals surface area contributed by atoms with Crippen molar-refractivity contribution in [1.82, 2.24) is 9.88 Å². The Morgan fingerprint density at radius 2 is 1.67 bits per heavy atom. The maximum atomic E-state index is 13.0. The molecule has 2 heterocycles. The quantitative estimate of drug-likeness (QED) is 0.282. The van der Waals surface area contributed by atoms with Gasteiger partial charge in [0.05, 0.1) is 24.8 Å². The minimum absolute atomic E-state index is 0.00825. The van der Waals surface area contributed by atoms with Crippen molar-refractivity contribution < 1.29 is 29.0 Å². The third-order valence-corrected chi connectivity index (χ3v) is 6.61. The average Bonchev–Trinajstić information content (AvgIpc) is 3.49. The summed E-state index contributed by atoms with van der Waals surface area (Å²) in [5.41, 5.74) is 2.04. The summed E-state index contributed by atoms with van der Waals surface area (Å²) in [6, 6.07) is 18.9. The van der Waals surface area contributed by atoms with E-state index in [9.17, 15) is 19.5 Å². The number of carbonyl (C=O) groups is 3. The summed E-state index contributed by atoms with van der Waals surface area (Å²) >= 11 is 1.35. The number of hydrogen-bond acceptors (Lipinski definition) is 8. The molecule has 0 bridgehead atoms. The molecule has 1 aliphatic heterocycles. The minimum Gasteiger partial charge on any atom is -0.504 e. The number of ether oxygens (including phenoxy) is 2. The van der Waals surface area contributed by atoms with Crippen LogP contribution in [-0.4, -0.2) is 52.8 Å². The Kier molecular flexibility index (Phi) is 6.22. The lowest BCUT2D eigenvalue weighted by molar-refractivity contribution is 0.0630. The molecule has 1 N–H and O–H groups in total. The number of hydrogen-bond donors (Lipinski definition) is 1. The van der Waals surface area contributed by atoms with Crippen LogP contribution in [0.25, 0.3) is 10.6 Å². The Morgan fingerprint density at radius 1 is 1.00 bits per heavy atom. The van der Waals surface area contributed by atoms with E-state index in [4.69, 9.17) is 9.47 Å². The van der Waals surface area contributed by atoms with E-state index in [1.165, 1.54) is 30.6 Å². The Bertz CT molecular complexity index is 1450. The zero-order valence-corrected chi connectivity index (χ0v) is 20.0. The van der Waals surface area contributed by atoms with E-state index in [-0.39, 0.29) is 47.4 Å². The maximum Gasteiger partial charge on any atom is 0.261 e. The van der Waals surface area contributed by atoms with Gasteiger partial charge in [0.25, 0.3) is 11.8 Å². The molecular formula is C27H20N2O6S. The monoisotopic (exact) mass is 500 g/mol. The third-order valence-electron chi connectivity index (χ3n) is 5.71. The molecule has 0 atom stereocenters. The molecule has 0 saturated carbocycles. The number of rotatable bonds is 8. The molecule has 0 spiro atoms. The fourth-order valence-corrected chi connectivity index (χ4v) is 4.74. The molecule has 0 fully saturated rings. The van der Waals surface area contributed by atoms with Crippen LogP contribution < -0.4 is 9.47 Å². The zero-order chi connectivity index (χ0) is 25.2. The summed E-state index contributed by atoms with van der Waals surface area (Å²) in [5, 5.41) is 13.0. The first-order valence-electron chi connectivity index (χ1n) is 11.0. The van der Waals surface area contributed by atoms with Crippen LogP contribution in [0.15, 0.2) is 72.1 Å². The normalized spacial score (nSPS) is 12.5. The van der Waals surface area contributed by atoms with Crippen LogP contribution in [-0.2, 0) is 0 Å². The van der Waals surface area contributed by atoms with Gasteiger partial charge in [-0.2, -0.15) is 0 Å². The lowest BCUT2D eigenvalue weighted by Gasteiger charge is -2.17. The number of ketones is 1. The number of phenols is 1. The van der Waals surface area contributed by atoms with E-state index < -0.39 is 11.8 Å². The highest BCUT2D eigenvalue weighted by molar-refractivity contribution is 7.13. The van der Waals surface area contributed by atoms with Gasteiger partial charge in [-0.25, -0.2) is 4.98 Å². The summed E-state index contributed by atoms with van der Waals surface area (Å²) in [4.78, 5) is 43.6. The Balaban J connectivity index is 1.30. The number of methoxy groups -OCH3 is 1. The predicted octanol–water partition coefficient (Wildman–Crippen LogP) is 4.43. The van der Waals surface area contributed by atoms with Gasteiger partial charge in [0, 0.05) is 16.5 Å². The van der Waals surface area contributed by atoms with Gasteiger partial charge in [-0.15, -0.1) is 11.3 Å². The second-order valence-corrected chi connectivity index (χ2v) is 8.77. The highest BCUT2D eigenvalue weighted by Gasteiger charge is 2.35. The van der Waals surface area contributed by atoms with Gasteiger partial charge >= 0.3 is 0 Å². The molecule has 0 radical (unpaired) electrons. The molecule has 0 aliphatic carbocycles. The molecule has 4 aromatic rings. The Hall–Kier alpha value is -4.50. The topological polar surface area (TPSA) is 106 Å². The second-order valence-electron chi connectivity index (χ2n) is 7.92. The fraction of sp³-hybridized carbons (Fsp3) is 0.111. The number of imide groups is 1. The van der Waals surface area contributed by atoms with Crippen molar-refractivity contribution in [3.05, 3.63) is 94.5 Å². The van der Waals surface area contributed by atoms with Gasteiger partial charge in [-0.1, -0.05) is 42.5 Å². The number of phenolic OH excluding ortho intramolecular Hbond substituents is 1. The zero-order valence-electron chi connectivity index (χ0n) is 19.1. The highest BCUT2D eigenvalue weighted by Crippen LogP contribution is 2.38. The lowest BCUT2D eigenvalue weighted by atomic mass is 10.1. The van der Waals surface area contributed by atoms with Crippen LogP contribution in [0.4, 0.5) is 0 Å². The molecule has 8 nitrogen and oxygen atoms in total. The van der Waals surface area contributed by atoms with Crippen molar-refractivity contribution in [1.29, 1.82) is 0 Å². The Labute approximate surface area is 210 Å². The predicted molar refractivity (Wildman–Crippen MR) is 133 cm³/mol. The number of amides is 2. The van der Waals surface area contributed by atoms with Gasteiger partial charge < -0.3 is 14.6 Å². The van der Waals surface area contributed by atoms with Gasteiger partial charge in [0.1, 0.15) is 17.3 Å².